The van der Waals surface area contributed by atoms with E-state index in [2.05, 4.69) is 10.6 Å². The van der Waals surface area contributed by atoms with Gasteiger partial charge in [0.15, 0.2) is 0 Å². The summed E-state index contributed by atoms with van der Waals surface area (Å²) in [6.45, 7) is 5.54. The fourth-order valence-corrected chi connectivity index (χ4v) is 3.42. The molecule has 152 valence electrons. The SMILES string of the molecule is CCC(C)NC(=O)Cn1c(CCCNC(=O)C2CCCO2)nc2ccccc21. The van der Waals surface area contributed by atoms with Crippen LogP contribution in [0.15, 0.2) is 24.3 Å². The zero-order valence-electron chi connectivity index (χ0n) is 16.7. The molecule has 2 aromatic rings. The van der Waals surface area contributed by atoms with E-state index in [0.29, 0.717) is 19.6 Å². The van der Waals surface area contributed by atoms with Crippen LogP contribution in [0.3, 0.4) is 0 Å². The first-order chi connectivity index (χ1) is 13.6. The molecule has 2 heterocycles. The third-order valence-electron chi connectivity index (χ3n) is 5.15. The maximum absolute atomic E-state index is 12.4. The predicted octanol–water partition coefficient (Wildman–Crippen LogP) is 2.18. The lowest BCUT2D eigenvalue weighted by molar-refractivity contribution is -0.130. The maximum Gasteiger partial charge on any atom is 0.249 e. The molecule has 1 aromatic carbocycles. The average Bonchev–Trinajstić information content (AvgIpc) is 3.34. The van der Waals surface area contributed by atoms with Gasteiger partial charge in [-0.3, -0.25) is 9.59 Å². The van der Waals surface area contributed by atoms with E-state index in [0.717, 1.165) is 42.5 Å². The Labute approximate surface area is 165 Å². The number of nitrogens with one attached hydrogen (secondary N) is 2. The van der Waals surface area contributed by atoms with Crippen LogP contribution in [0.4, 0.5) is 0 Å². The summed E-state index contributed by atoms with van der Waals surface area (Å²) in [7, 11) is 0. The number of benzene rings is 1. The summed E-state index contributed by atoms with van der Waals surface area (Å²) in [4.78, 5) is 29.1. The Morgan fingerprint density at radius 1 is 1.36 bits per heavy atom. The molecule has 2 atom stereocenters. The summed E-state index contributed by atoms with van der Waals surface area (Å²) < 4.78 is 7.38. The van der Waals surface area contributed by atoms with E-state index < -0.39 is 0 Å². The Morgan fingerprint density at radius 2 is 2.18 bits per heavy atom. The molecule has 2 unspecified atom stereocenters. The quantitative estimate of drug-likeness (QED) is 0.647. The van der Waals surface area contributed by atoms with Crippen LogP contribution in [0, 0.1) is 0 Å². The highest BCUT2D eigenvalue weighted by Gasteiger charge is 2.23. The summed E-state index contributed by atoms with van der Waals surface area (Å²) in [6, 6.07) is 8.00. The van der Waals surface area contributed by atoms with Crippen LogP contribution in [0.25, 0.3) is 11.0 Å². The Hall–Kier alpha value is -2.41. The van der Waals surface area contributed by atoms with Crippen molar-refractivity contribution < 1.29 is 14.3 Å². The van der Waals surface area contributed by atoms with E-state index in [1.165, 1.54) is 0 Å². The van der Waals surface area contributed by atoms with E-state index in [1.807, 2.05) is 42.7 Å². The minimum Gasteiger partial charge on any atom is -0.368 e. The highest BCUT2D eigenvalue weighted by molar-refractivity contribution is 5.81. The first-order valence-corrected chi connectivity index (χ1v) is 10.2. The predicted molar refractivity (Wildman–Crippen MR) is 108 cm³/mol. The number of rotatable bonds is 9. The van der Waals surface area contributed by atoms with Gasteiger partial charge in [-0.2, -0.15) is 0 Å². The van der Waals surface area contributed by atoms with Gasteiger partial charge in [0.05, 0.1) is 11.0 Å². The minimum atomic E-state index is -0.297. The number of hydrogen-bond donors (Lipinski definition) is 2. The van der Waals surface area contributed by atoms with Crippen molar-refractivity contribution >= 4 is 22.8 Å². The molecule has 1 saturated heterocycles. The molecule has 0 bridgehead atoms. The number of para-hydroxylation sites is 2. The molecule has 2 N–H and O–H groups in total. The van der Waals surface area contributed by atoms with Crippen molar-refractivity contribution in [1.82, 2.24) is 20.2 Å². The monoisotopic (exact) mass is 386 g/mol. The number of aryl methyl sites for hydroxylation is 1. The van der Waals surface area contributed by atoms with Gasteiger partial charge in [0, 0.05) is 25.6 Å². The Balaban J connectivity index is 1.61. The van der Waals surface area contributed by atoms with Gasteiger partial charge in [-0.25, -0.2) is 4.98 Å². The lowest BCUT2D eigenvalue weighted by atomic mass is 10.2. The molecular weight excluding hydrogens is 356 g/mol. The molecule has 28 heavy (non-hydrogen) atoms. The number of nitrogens with zero attached hydrogens (tertiary/aromatic N) is 2. The molecule has 0 saturated carbocycles. The van der Waals surface area contributed by atoms with Crippen LogP contribution < -0.4 is 10.6 Å². The number of aromatic nitrogens is 2. The first-order valence-electron chi connectivity index (χ1n) is 10.2. The zero-order valence-corrected chi connectivity index (χ0v) is 16.7. The number of hydrogen-bond acceptors (Lipinski definition) is 4. The number of fused-ring (bicyclic) bond motifs is 1. The first kappa shape index (κ1) is 20.3. The molecule has 1 aromatic heterocycles. The van der Waals surface area contributed by atoms with E-state index >= 15 is 0 Å². The normalized spacial score (nSPS) is 17.6. The van der Waals surface area contributed by atoms with Crippen LogP contribution in [-0.4, -0.2) is 46.7 Å². The molecule has 1 fully saturated rings. The second-order valence-corrected chi connectivity index (χ2v) is 7.38. The van der Waals surface area contributed by atoms with Gasteiger partial charge in [-0.05, 0) is 44.7 Å². The molecule has 0 spiro atoms. The number of imidazole rings is 1. The average molecular weight is 386 g/mol. The number of carbonyl (C=O) groups excluding carboxylic acids is 2. The number of amides is 2. The Kier molecular flexibility index (Phi) is 7.03. The van der Waals surface area contributed by atoms with Crippen molar-refractivity contribution in [2.45, 2.75) is 64.6 Å². The third kappa shape index (κ3) is 5.10. The van der Waals surface area contributed by atoms with E-state index in [1.54, 1.807) is 0 Å². The highest BCUT2D eigenvalue weighted by atomic mass is 16.5. The van der Waals surface area contributed by atoms with E-state index in [4.69, 9.17) is 9.72 Å². The van der Waals surface area contributed by atoms with Crippen LogP contribution in [-0.2, 0) is 27.3 Å². The molecule has 7 nitrogen and oxygen atoms in total. The van der Waals surface area contributed by atoms with Crippen molar-refractivity contribution in [3.8, 4) is 0 Å². The van der Waals surface area contributed by atoms with E-state index in [-0.39, 0.29) is 30.5 Å². The largest absolute Gasteiger partial charge is 0.368 e. The topological polar surface area (TPSA) is 85.2 Å². The molecule has 2 amide bonds. The molecule has 7 heteroatoms. The Morgan fingerprint density at radius 3 is 2.93 bits per heavy atom. The maximum atomic E-state index is 12.4. The van der Waals surface area contributed by atoms with Gasteiger partial charge in [0.25, 0.3) is 0 Å². The summed E-state index contributed by atoms with van der Waals surface area (Å²) in [5.41, 5.74) is 1.84. The molecule has 1 aliphatic rings. The third-order valence-corrected chi connectivity index (χ3v) is 5.15. The molecule has 1 aliphatic heterocycles. The van der Waals surface area contributed by atoms with Crippen LogP contribution >= 0.6 is 0 Å². The summed E-state index contributed by atoms with van der Waals surface area (Å²) >= 11 is 0. The smallest absolute Gasteiger partial charge is 0.249 e. The number of carbonyl (C=O) groups is 2. The molecular formula is C21H30N4O3. The van der Waals surface area contributed by atoms with Crippen molar-refractivity contribution in [1.29, 1.82) is 0 Å². The second kappa shape index (κ2) is 9.68. The standard InChI is InChI=1S/C21H30N4O3/c1-3-15(2)23-20(26)14-25-17-9-5-4-8-16(17)24-19(25)11-6-12-22-21(27)18-10-7-13-28-18/h4-5,8-9,15,18H,3,6-7,10-14H2,1-2H3,(H,22,27)(H,23,26). The summed E-state index contributed by atoms with van der Waals surface area (Å²) in [5, 5.41) is 5.96. The zero-order chi connectivity index (χ0) is 19.9. The van der Waals surface area contributed by atoms with Crippen LogP contribution in [0.2, 0.25) is 0 Å². The van der Waals surface area contributed by atoms with Gasteiger partial charge in [-0.1, -0.05) is 19.1 Å². The van der Waals surface area contributed by atoms with Gasteiger partial charge in [0.2, 0.25) is 11.8 Å². The van der Waals surface area contributed by atoms with Crippen molar-refractivity contribution in [3.05, 3.63) is 30.1 Å². The Bertz CT molecular complexity index is 811. The fraction of sp³-hybridized carbons (Fsp3) is 0.571. The highest BCUT2D eigenvalue weighted by Crippen LogP contribution is 2.17. The minimum absolute atomic E-state index is 0.00885. The molecule has 0 aliphatic carbocycles. The van der Waals surface area contributed by atoms with Gasteiger partial charge < -0.3 is 19.9 Å². The lowest BCUT2D eigenvalue weighted by Crippen LogP contribution is -2.35. The van der Waals surface area contributed by atoms with Crippen molar-refractivity contribution in [2.75, 3.05) is 13.2 Å². The van der Waals surface area contributed by atoms with Crippen molar-refractivity contribution in [3.63, 3.8) is 0 Å². The molecule has 3 rings (SSSR count). The fourth-order valence-electron chi connectivity index (χ4n) is 3.42. The summed E-state index contributed by atoms with van der Waals surface area (Å²) in [6.07, 6.45) is 3.79. The van der Waals surface area contributed by atoms with Gasteiger partial charge in [-0.15, -0.1) is 0 Å². The van der Waals surface area contributed by atoms with Gasteiger partial charge >= 0.3 is 0 Å². The lowest BCUT2D eigenvalue weighted by Gasteiger charge is -2.14. The summed E-state index contributed by atoms with van der Waals surface area (Å²) in [5.74, 6) is 0.830. The van der Waals surface area contributed by atoms with Crippen LogP contribution in [0.1, 0.15) is 45.4 Å². The second-order valence-electron chi connectivity index (χ2n) is 7.38. The van der Waals surface area contributed by atoms with Crippen LogP contribution in [0.5, 0.6) is 0 Å². The number of ether oxygens (including phenoxy) is 1. The molecule has 0 radical (unpaired) electrons. The van der Waals surface area contributed by atoms with E-state index in [9.17, 15) is 9.59 Å². The van der Waals surface area contributed by atoms with Gasteiger partial charge in [0.1, 0.15) is 18.5 Å². The van der Waals surface area contributed by atoms with Crippen molar-refractivity contribution in [2.24, 2.45) is 0 Å².